The lowest BCUT2D eigenvalue weighted by Gasteiger charge is -2.22. The third kappa shape index (κ3) is 4.60. The number of hydrogen-bond acceptors (Lipinski definition) is 3. The van der Waals surface area contributed by atoms with Crippen LogP contribution in [0.3, 0.4) is 0 Å². The van der Waals surface area contributed by atoms with Gasteiger partial charge in [-0.2, -0.15) is 0 Å². The van der Waals surface area contributed by atoms with Crippen LogP contribution >= 0.6 is 11.3 Å². The van der Waals surface area contributed by atoms with E-state index in [2.05, 4.69) is 92.7 Å². The van der Waals surface area contributed by atoms with E-state index in [1.165, 1.54) is 64.6 Å². The van der Waals surface area contributed by atoms with E-state index in [1.807, 2.05) is 6.20 Å². The highest BCUT2D eigenvalue weighted by Gasteiger charge is 2.18. The van der Waals surface area contributed by atoms with E-state index in [-0.39, 0.29) is 0 Å². The monoisotopic (exact) mass is 488 g/mol. The quantitative estimate of drug-likeness (QED) is 0.246. The average Bonchev–Trinajstić information content (AvgIpc) is 3.38. The Balaban J connectivity index is 1.48. The molecule has 0 unspecified atom stereocenters. The van der Waals surface area contributed by atoms with Gasteiger partial charge in [0.2, 0.25) is 0 Å². The Morgan fingerprint density at radius 1 is 0.778 bits per heavy atom. The van der Waals surface area contributed by atoms with Crippen LogP contribution in [0.25, 0.3) is 43.2 Å². The van der Waals surface area contributed by atoms with E-state index in [9.17, 15) is 0 Å². The molecule has 0 spiro atoms. The van der Waals surface area contributed by atoms with Crippen molar-refractivity contribution in [2.45, 2.75) is 57.8 Å². The number of nitrogens with zero attached hydrogens (tertiary/aromatic N) is 2. The number of benzene rings is 3. The van der Waals surface area contributed by atoms with Crippen molar-refractivity contribution in [3.63, 3.8) is 0 Å². The molecular weight excluding hydrogens is 456 g/mol. The van der Waals surface area contributed by atoms with Crippen molar-refractivity contribution < 1.29 is 0 Å². The Morgan fingerprint density at radius 2 is 1.56 bits per heavy atom. The van der Waals surface area contributed by atoms with Crippen molar-refractivity contribution >= 4 is 21.6 Å². The number of aromatic nitrogens is 2. The molecule has 1 aliphatic carbocycles. The van der Waals surface area contributed by atoms with Gasteiger partial charge in [-0.25, -0.2) is 4.98 Å². The predicted octanol–water partition coefficient (Wildman–Crippen LogP) is 9.86. The molecule has 180 valence electrons. The van der Waals surface area contributed by atoms with Gasteiger partial charge in [0.15, 0.2) is 0 Å². The molecule has 0 aliphatic heterocycles. The smallest absolute Gasteiger partial charge is 0.124 e. The van der Waals surface area contributed by atoms with Gasteiger partial charge in [0, 0.05) is 22.9 Å². The summed E-state index contributed by atoms with van der Waals surface area (Å²) in [5.41, 5.74) is 9.64. The van der Waals surface area contributed by atoms with Crippen molar-refractivity contribution in [2.75, 3.05) is 0 Å². The molecule has 1 fully saturated rings. The first kappa shape index (κ1) is 23.1. The van der Waals surface area contributed by atoms with Crippen LogP contribution in [0.1, 0.15) is 68.9 Å². The zero-order valence-electron chi connectivity index (χ0n) is 21.1. The molecule has 3 heteroatoms. The maximum absolute atomic E-state index is 5.09. The molecule has 1 aliphatic rings. The minimum absolute atomic E-state index is 0.464. The summed E-state index contributed by atoms with van der Waals surface area (Å²) in [4.78, 5) is 9.84. The first-order valence-electron chi connectivity index (χ1n) is 13.2. The molecule has 3 aromatic carbocycles. The maximum atomic E-state index is 5.09. The van der Waals surface area contributed by atoms with Crippen molar-refractivity contribution in [3.8, 4) is 33.0 Å². The van der Waals surface area contributed by atoms with E-state index in [1.54, 1.807) is 11.3 Å². The van der Waals surface area contributed by atoms with Gasteiger partial charge >= 0.3 is 0 Å². The number of rotatable bonds is 5. The first-order valence-corrected chi connectivity index (χ1v) is 14.0. The third-order valence-corrected chi connectivity index (χ3v) is 8.71. The van der Waals surface area contributed by atoms with E-state index in [4.69, 9.17) is 9.97 Å². The number of fused-ring (bicyclic) bond motifs is 1. The van der Waals surface area contributed by atoms with Gasteiger partial charge in [0.05, 0.1) is 15.9 Å². The molecular formula is C33H32N2S. The summed E-state index contributed by atoms with van der Waals surface area (Å²) in [6, 6.07) is 28.8. The summed E-state index contributed by atoms with van der Waals surface area (Å²) in [7, 11) is 0. The third-order valence-electron chi connectivity index (χ3n) is 7.56. The van der Waals surface area contributed by atoms with Crippen LogP contribution in [0, 0.1) is 0 Å². The van der Waals surface area contributed by atoms with Crippen LogP contribution in [-0.2, 0) is 0 Å². The molecule has 0 atom stereocenters. The van der Waals surface area contributed by atoms with E-state index in [0.717, 1.165) is 27.7 Å². The second kappa shape index (κ2) is 9.99. The number of pyridine rings is 1. The molecule has 5 aromatic rings. The van der Waals surface area contributed by atoms with Crippen molar-refractivity contribution in [2.24, 2.45) is 0 Å². The molecule has 36 heavy (non-hydrogen) atoms. The maximum Gasteiger partial charge on any atom is 0.124 e. The fourth-order valence-corrected chi connectivity index (χ4v) is 6.52. The topological polar surface area (TPSA) is 25.8 Å². The average molecular weight is 489 g/mol. The SMILES string of the molecule is CC(C)c1ccnc(-c2cc(-c3ccc(C4CCCCC4)cc3)c3sc(-c4ccccc4)nc3c2)c1. The van der Waals surface area contributed by atoms with Gasteiger partial charge in [0.25, 0.3) is 0 Å². The summed E-state index contributed by atoms with van der Waals surface area (Å²) in [5, 5.41) is 1.06. The van der Waals surface area contributed by atoms with Crippen molar-refractivity contribution in [3.05, 3.63) is 96.2 Å². The molecule has 6 rings (SSSR count). The Morgan fingerprint density at radius 3 is 2.31 bits per heavy atom. The molecule has 1 saturated carbocycles. The summed E-state index contributed by atoms with van der Waals surface area (Å²) in [5.74, 6) is 1.18. The largest absolute Gasteiger partial charge is 0.256 e. The number of hydrogen-bond donors (Lipinski definition) is 0. The van der Waals surface area contributed by atoms with E-state index < -0.39 is 0 Å². The second-order valence-electron chi connectivity index (χ2n) is 10.3. The first-order chi connectivity index (χ1) is 17.7. The summed E-state index contributed by atoms with van der Waals surface area (Å²) >= 11 is 1.78. The normalized spacial score (nSPS) is 14.5. The number of thiazole rings is 1. The van der Waals surface area contributed by atoms with Crippen LogP contribution in [0.2, 0.25) is 0 Å². The lowest BCUT2D eigenvalue weighted by atomic mass is 9.83. The van der Waals surface area contributed by atoms with Gasteiger partial charge in [-0.15, -0.1) is 11.3 Å². The summed E-state index contributed by atoms with van der Waals surface area (Å²) in [6.07, 6.45) is 8.70. The zero-order valence-corrected chi connectivity index (χ0v) is 21.9. The Hall–Kier alpha value is -3.30. The van der Waals surface area contributed by atoms with Gasteiger partial charge < -0.3 is 0 Å². The highest BCUT2D eigenvalue weighted by atomic mass is 32.1. The lowest BCUT2D eigenvalue weighted by Crippen LogP contribution is -2.04. The van der Waals surface area contributed by atoms with E-state index >= 15 is 0 Å². The zero-order chi connectivity index (χ0) is 24.5. The van der Waals surface area contributed by atoms with E-state index in [0.29, 0.717) is 5.92 Å². The van der Waals surface area contributed by atoms with Crippen LogP contribution in [0.5, 0.6) is 0 Å². The minimum Gasteiger partial charge on any atom is -0.256 e. The predicted molar refractivity (Wildman–Crippen MR) is 154 cm³/mol. The van der Waals surface area contributed by atoms with Crippen molar-refractivity contribution in [1.82, 2.24) is 9.97 Å². The molecule has 0 bridgehead atoms. The van der Waals surface area contributed by atoms with Gasteiger partial charge in [0.1, 0.15) is 5.01 Å². The van der Waals surface area contributed by atoms with Crippen LogP contribution < -0.4 is 0 Å². The molecule has 2 nitrogen and oxygen atoms in total. The lowest BCUT2D eigenvalue weighted by molar-refractivity contribution is 0.443. The molecule has 0 N–H and O–H groups in total. The summed E-state index contributed by atoms with van der Waals surface area (Å²) < 4.78 is 1.24. The van der Waals surface area contributed by atoms with Gasteiger partial charge in [-0.05, 0) is 65.6 Å². The molecule has 0 amide bonds. The summed E-state index contributed by atoms with van der Waals surface area (Å²) in [6.45, 7) is 4.46. The minimum atomic E-state index is 0.464. The fourth-order valence-electron chi connectivity index (χ4n) is 5.43. The Bertz CT molecular complexity index is 1480. The van der Waals surface area contributed by atoms with Crippen LogP contribution in [0.15, 0.2) is 85.1 Å². The Kier molecular flexibility index (Phi) is 6.41. The van der Waals surface area contributed by atoms with Gasteiger partial charge in [-0.1, -0.05) is 87.7 Å². The highest BCUT2D eigenvalue weighted by Crippen LogP contribution is 2.41. The van der Waals surface area contributed by atoms with Crippen LogP contribution in [0.4, 0.5) is 0 Å². The Labute approximate surface area is 218 Å². The van der Waals surface area contributed by atoms with Crippen LogP contribution in [-0.4, -0.2) is 9.97 Å². The standard InChI is InChI=1S/C33H32N2S/c1-22(2)27-17-18-34-30(20-27)28-19-29(25-15-13-24(14-16-25)23-9-5-3-6-10-23)32-31(21-28)35-33(36-32)26-11-7-4-8-12-26/h4,7-8,11-23H,3,5-6,9-10H2,1-2H3. The molecule has 2 heterocycles. The molecule has 2 aromatic heterocycles. The highest BCUT2D eigenvalue weighted by molar-refractivity contribution is 7.22. The van der Waals surface area contributed by atoms with Crippen molar-refractivity contribution in [1.29, 1.82) is 0 Å². The second-order valence-corrected chi connectivity index (χ2v) is 11.3. The molecule has 0 saturated heterocycles. The van der Waals surface area contributed by atoms with Gasteiger partial charge in [-0.3, -0.25) is 4.98 Å². The molecule has 0 radical (unpaired) electrons. The fraction of sp³-hybridized carbons (Fsp3) is 0.273.